The van der Waals surface area contributed by atoms with Crippen LogP contribution in [0.5, 0.6) is 5.75 Å². The molecular weight excluding hydrogens is 289 g/mol. The van der Waals surface area contributed by atoms with Crippen molar-refractivity contribution in [2.45, 2.75) is 43.9 Å². The number of ether oxygens (including phenoxy) is 2. The Labute approximate surface area is 129 Å². The maximum absolute atomic E-state index is 14.1. The lowest BCUT2D eigenvalue weighted by atomic mass is 9.91. The maximum atomic E-state index is 14.1. The first-order chi connectivity index (χ1) is 10.1. The first-order valence-electron chi connectivity index (χ1n) is 7.51. The van der Waals surface area contributed by atoms with Gasteiger partial charge in [-0.15, -0.1) is 0 Å². The topological polar surface area (TPSA) is 44.5 Å². The lowest BCUT2D eigenvalue weighted by Crippen LogP contribution is -2.43. The van der Waals surface area contributed by atoms with Crippen LogP contribution >= 0.6 is 11.8 Å². The molecule has 2 N–H and O–H groups in total. The highest BCUT2D eigenvalue weighted by atomic mass is 32.2. The molecule has 2 aliphatic heterocycles. The summed E-state index contributed by atoms with van der Waals surface area (Å²) in [6.07, 6.45) is 2.78. The van der Waals surface area contributed by atoms with Crippen molar-refractivity contribution in [1.29, 1.82) is 0 Å². The molecule has 2 fully saturated rings. The molecule has 2 aliphatic rings. The number of hydrogen-bond donors (Lipinski definition) is 1. The van der Waals surface area contributed by atoms with Gasteiger partial charge in [0.25, 0.3) is 0 Å². The zero-order valence-electron chi connectivity index (χ0n) is 12.3. The SMILES string of the molecule is C[C@H](N)c1ccc(OC2CCOC3(CCSC3)C2)c(F)c1. The molecule has 1 aromatic carbocycles. The standard InChI is InChI=1S/C16H22FNO2S/c1-11(18)12-2-3-15(14(17)8-12)20-13-4-6-19-16(9-13)5-7-21-10-16/h2-3,8,11,13H,4-7,9-10,18H2,1H3/t11-,13?,16?/m0/s1. The smallest absolute Gasteiger partial charge is 0.165 e. The van der Waals surface area contributed by atoms with Crippen molar-refractivity contribution >= 4 is 11.8 Å². The molecule has 0 bridgehead atoms. The minimum Gasteiger partial charge on any atom is -0.487 e. The van der Waals surface area contributed by atoms with Crippen molar-refractivity contribution in [3.8, 4) is 5.75 Å². The molecule has 3 atom stereocenters. The van der Waals surface area contributed by atoms with E-state index in [4.69, 9.17) is 15.2 Å². The highest BCUT2D eigenvalue weighted by molar-refractivity contribution is 7.99. The normalized spacial score (nSPS) is 30.5. The van der Waals surface area contributed by atoms with Gasteiger partial charge in [0.2, 0.25) is 0 Å². The van der Waals surface area contributed by atoms with E-state index in [1.807, 2.05) is 24.8 Å². The molecule has 0 aliphatic carbocycles. The molecule has 1 spiro atoms. The summed E-state index contributed by atoms with van der Waals surface area (Å²) in [4.78, 5) is 0. The van der Waals surface area contributed by atoms with E-state index >= 15 is 0 Å². The van der Waals surface area contributed by atoms with Gasteiger partial charge in [-0.05, 0) is 36.8 Å². The number of halogens is 1. The Bertz CT molecular complexity index is 503. The first-order valence-corrected chi connectivity index (χ1v) is 8.67. The predicted octanol–water partition coefficient (Wildman–Crippen LogP) is 3.28. The molecule has 0 saturated carbocycles. The van der Waals surface area contributed by atoms with Gasteiger partial charge in [0.05, 0.1) is 12.2 Å². The summed E-state index contributed by atoms with van der Waals surface area (Å²) in [5.74, 6) is 2.17. The van der Waals surface area contributed by atoms with Crippen LogP contribution in [0.4, 0.5) is 4.39 Å². The van der Waals surface area contributed by atoms with Gasteiger partial charge in [-0.2, -0.15) is 11.8 Å². The lowest BCUT2D eigenvalue weighted by molar-refractivity contribution is -0.0964. The van der Waals surface area contributed by atoms with E-state index in [1.165, 1.54) is 6.07 Å². The third kappa shape index (κ3) is 3.35. The number of rotatable bonds is 3. The van der Waals surface area contributed by atoms with E-state index in [1.54, 1.807) is 6.07 Å². The van der Waals surface area contributed by atoms with Gasteiger partial charge in [-0.1, -0.05) is 6.07 Å². The summed E-state index contributed by atoms with van der Waals surface area (Å²) >= 11 is 1.93. The number of thioether (sulfide) groups is 1. The molecule has 5 heteroatoms. The second-order valence-corrected chi connectivity index (χ2v) is 7.15. The molecule has 3 rings (SSSR count). The average molecular weight is 311 g/mol. The van der Waals surface area contributed by atoms with Crippen molar-refractivity contribution < 1.29 is 13.9 Å². The maximum Gasteiger partial charge on any atom is 0.165 e. The van der Waals surface area contributed by atoms with E-state index < -0.39 is 0 Å². The molecule has 0 aromatic heterocycles. The van der Waals surface area contributed by atoms with Gasteiger partial charge in [0.1, 0.15) is 6.10 Å². The monoisotopic (exact) mass is 311 g/mol. The molecule has 3 nitrogen and oxygen atoms in total. The highest BCUT2D eigenvalue weighted by Crippen LogP contribution is 2.39. The largest absolute Gasteiger partial charge is 0.487 e. The average Bonchev–Trinajstić information content (AvgIpc) is 2.89. The summed E-state index contributed by atoms with van der Waals surface area (Å²) in [6.45, 7) is 2.54. The minimum absolute atomic E-state index is 0.0353. The second kappa shape index (κ2) is 6.15. The van der Waals surface area contributed by atoms with E-state index in [0.717, 1.165) is 36.3 Å². The van der Waals surface area contributed by atoms with Crippen LogP contribution in [0.25, 0.3) is 0 Å². The fourth-order valence-electron chi connectivity index (χ4n) is 3.02. The van der Waals surface area contributed by atoms with Crippen LogP contribution in [0.1, 0.15) is 37.8 Å². The summed E-state index contributed by atoms with van der Waals surface area (Å²) in [6, 6.07) is 4.83. The molecule has 2 unspecified atom stereocenters. The zero-order valence-corrected chi connectivity index (χ0v) is 13.1. The Morgan fingerprint density at radius 1 is 1.52 bits per heavy atom. The van der Waals surface area contributed by atoms with Crippen molar-refractivity contribution in [3.63, 3.8) is 0 Å². The molecule has 116 valence electrons. The summed E-state index contributed by atoms with van der Waals surface area (Å²) in [5, 5.41) is 0. The van der Waals surface area contributed by atoms with Crippen molar-refractivity contribution in [3.05, 3.63) is 29.6 Å². The number of nitrogens with two attached hydrogens (primary N) is 1. The number of benzene rings is 1. The van der Waals surface area contributed by atoms with Crippen molar-refractivity contribution in [1.82, 2.24) is 0 Å². The Hall–Kier alpha value is -0.780. The van der Waals surface area contributed by atoms with Crippen LogP contribution < -0.4 is 10.5 Å². The predicted molar refractivity (Wildman–Crippen MR) is 83.3 cm³/mol. The fourth-order valence-corrected chi connectivity index (χ4v) is 4.40. The van der Waals surface area contributed by atoms with Crippen LogP contribution in [-0.2, 0) is 4.74 Å². The first kappa shape index (κ1) is 15.1. The second-order valence-electron chi connectivity index (χ2n) is 6.05. The summed E-state index contributed by atoms with van der Waals surface area (Å²) < 4.78 is 26.0. The third-order valence-electron chi connectivity index (χ3n) is 4.29. The fraction of sp³-hybridized carbons (Fsp3) is 0.625. The van der Waals surface area contributed by atoms with Gasteiger partial charge in [-0.3, -0.25) is 0 Å². The molecule has 2 heterocycles. The van der Waals surface area contributed by atoms with Crippen molar-refractivity contribution in [2.24, 2.45) is 5.73 Å². The Morgan fingerprint density at radius 3 is 3.05 bits per heavy atom. The quantitative estimate of drug-likeness (QED) is 0.930. The van der Waals surface area contributed by atoms with E-state index in [2.05, 4.69) is 0 Å². The van der Waals surface area contributed by atoms with E-state index in [9.17, 15) is 4.39 Å². The van der Waals surface area contributed by atoms with Gasteiger partial charge in [0.15, 0.2) is 11.6 Å². The van der Waals surface area contributed by atoms with Gasteiger partial charge in [-0.25, -0.2) is 4.39 Å². The molecular formula is C16H22FNO2S. The van der Waals surface area contributed by atoms with Crippen LogP contribution in [0, 0.1) is 5.82 Å². The molecule has 21 heavy (non-hydrogen) atoms. The molecule has 0 radical (unpaired) electrons. The van der Waals surface area contributed by atoms with Crippen LogP contribution in [0.2, 0.25) is 0 Å². The lowest BCUT2D eigenvalue weighted by Gasteiger charge is -2.37. The molecule has 0 amide bonds. The Kier molecular flexibility index (Phi) is 4.43. The van der Waals surface area contributed by atoms with Gasteiger partial charge < -0.3 is 15.2 Å². The van der Waals surface area contributed by atoms with Crippen LogP contribution in [0.3, 0.4) is 0 Å². The highest BCUT2D eigenvalue weighted by Gasteiger charge is 2.41. The van der Waals surface area contributed by atoms with Gasteiger partial charge in [0, 0.05) is 24.6 Å². The summed E-state index contributed by atoms with van der Waals surface area (Å²) in [5.41, 5.74) is 6.51. The Morgan fingerprint density at radius 2 is 2.38 bits per heavy atom. The number of hydrogen-bond acceptors (Lipinski definition) is 4. The third-order valence-corrected chi connectivity index (χ3v) is 5.51. The molecule has 1 aromatic rings. The summed E-state index contributed by atoms with van der Waals surface area (Å²) in [7, 11) is 0. The van der Waals surface area contributed by atoms with Crippen LogP contribution in [-0.4, -0.2) is 29.8 Å². The minimum atomic E-state index is -0.328. The Balaban J connectivity index is 1.68. The zero-order chi connectivity index (χ0) is 14.9. The van der Waals surface area contributed by atoms with E-state index in [0.29, 0.717) is 12.4 Å². The van der Waals surface area contributed by atoms with Crippen LogP contribution in [0.15, 0.2) is 18.2 Å². The molecule has 2 saturated heterocycles. The van der Waals surface area contributed by atoms with E-state index in [-0.39, 0.29) is 23.6 Å². The van der Waals surface area contributed by atoms with Gasteiger partial charge >= 0.3 is 0 Å². The van der Waals surface area contributed by atoms with Crippen molar-refractivity contribution in [2.75, 3.05) is 18.1 Å².